The fourth-order valence-electron chi connectivity index (χ4n) is 3.27. The molecule has 2 nitrogen and oxygen atoms in total. The van der Waals surface area contributed by atoms with Crippen molar-refractivity contribution >= 4 is 5.91 Å². The summed E-state index contributed by atoms with van der Waals surface area (Å²) in [6.45, 7) is 0.551. The number of halogens is 1. The number of amides is 1. The van der Waals surface area contributed by atoms with Gasteiger partial charge in [-0.1, -0.05) is 55.0 Å². The van der Waals surface area contributed by atoms with Gasteiger partial charge in [-0.3, -0.25) is 4.79 Å². The summed E-state index contributed by atoms with van der Waals surface area (Å²) in [7, 11) is 1.80. The van der Waals surface area contributed by atoms with Gasteiger partial charge in [0, 0.05) is 19.2 Å². The molecular formula is C19H20FNO. The Morgan fingerprint density at radius 2 is 1.73 bits per heavy atom. The third-order valence-electron chi connectivity index (χ3n) is 4.62. The van der Waals surface area contributed by atoms with Gasteiger partial charge in [-0.25, -0.2) is 4.39 Å². The average Bonchev–Trinajstić information content (AvgIpc) is 2.49. The molecule has 0 N–H and O–H groups in total. The molecule has 0 aromatic heterocycles. The molecule has 0 heterocycles. The normalized spacial score (nSPS) is 15.9. The average molecular weight is 297 g/mol. The van der Waals surface area contributed by atoms with E-state index in [1.54, 1.807) is 24.1 Å². The molecule has 1 fully saturated rings. The van der Waals surface area contributed by atoms with Gasteiger partial charge in [-0.05, 0) is 24.5 Å². The standard InChI is InChI=1S/C19H20FNO/c1-21(14-15-8-3-2-4-9-15)18(22)19(12-7-13-19)16-10-5-6-11-17(16)20/h2-6,8-11H,7,12-14H2,1H3. The van der Waals surface area contributed by atoms with Crippen LogP contribution in [0.4, 0.5) is 4.39 Å². The van der Waals surface area contributed by atoms with Crippen molar-refractivity contribution in [1.82, 2.24) is 4.90 Å². The minimum atomic E-state index is -0.672. The molecule has 0 unspecified atom stereocenters. The van der Waals surface area contributed by atoms with Gasteiger partial charge < -0.3 is 4.90 Å². The molecule has 0 radical (unpaired) electrons. The zero-order chi connectivity index (χ0) is 15.6. The van der Waals surface area contributed by atoms with Gasteiger partial charge in [-0.15, -0.1) is 0 Å². The van der Waals surface area contributed by atoms with Crippen molar-refractivity contribution in [3.63, 3.8) is 0 Å². The number of carbonyl (C=O) groups excluding carboxylic acids is 1. The van der Waals surface area contributed by atoms with E-state index in [-0.39, 0.29) is 11.7 Å². The summed E-state index contributed by atoms with van der Waals surface area (Å²) in [6, 6.07) is 16.6. The molecule has 0 spiro atoms. The van der Waals surface area contributed by atoms with Gasteiger partial charge >= 0.3 is 0 Å². The topological polar surface area (TPSA) is 20.3 Å². The Hall–Kier alpha value is -2.16. The largest absolute Gasteiger partial charge is 0.341 e. The van der Waals surface area contributed by atoms with Crippen LogP contribution >= 0.6 is 0 Å². The molecule has 22 heavy (non-hydrogen) atoms. The number of nitrogens with zero attached hydrogens (tertiary/aromatic N) is 1. The first-order valence-electron chi connectivity index (χ1n) is 7.68. The maximum atomic E-state index is 14.2. The smallest absolute Gasteiger partial charge is 0.233 e. The Morgan fingerprint density at radius 1 is 1.09 bits per heavy atom. The summed E-state index contributed by atoms with van der Waals surface area (Å²) in [5.41, 5.74) is 0.960. The van der Waals surface area contributed by atoms with E-state index in [4.69, 9.17) is 0 Å². The quantitative estimate of drug-likeness (QED) is 0.838. The fourth-order valence-corrected chi connectivity index (χ4v) is 3.27. The van der Waals surface area contributed by atoms with Crippen LogP contribution in [-0.2, 0) is 16.8 Å². The van der Waals surface area contributed by atoms with Crippen molar-refractivity contribution in [2.24, 2.45) is 0 Å². The number of hydrogen-bond acceptors (Lipinski definition) is 1. The highest BCUT2D eigenvalue weighted by atomic mass is 19.1. The lowest BCUT2D eigenvalue weighted by Crippen LogP contribution is -2.50. The molecule has 0 aliphatic heterocycles. The van der Waals surface area contributed by atoms with Crippen LogP contribution in [0.1, 0.15) is 30.4 Å². The van der Waals surface area contributed by atoms with Crippen LogP contribution in [0, 0.1) is 5.82 Å². The number of likely N-dealkylation sites (N-methyl/N-ethyl adjacent to an activating group) is 1. The van der Waals surface area contributed by atoms with E-state index < -0.39 is 5.41 Å². The summed E-state index contributed by atoms with van der Waals surface area (Å²) < 4.78 is 14.2. The lowest BCUT2D eigenvalue weighted by molar-refractivity contribution is -0.140. The third-order valence-corrected chi connectivity index (χ3v) is 4.62. The summed E-state index contributed by atoms with van der Waals surface area (Å²) in [6.07, 6.45) is 2.43. The van der Waals surface area contributed by atoms with Gasteiger partial charge in [0.25, 0.3) is 0 Å². The van der Waals surface area contributed by atoms with Crippen molar-refractivity contribution in [2.75, 3.05) is 7.05 Å². The van der Waals surface area contributed by atoms with Crippen molar-refractivity contribution in [1.29, 1.82) is 0 Å². The summed E-state index contributed by atoms with van der Waals surface area (Å²) >= 11 is 0. The van der Waals surface area contributed by atoms with E-state index >= 15 is 0 Å². The van der Waals surface area contributed by atoms with E-state index in [0.717, 1.165) is 24.8 Å². The summed E-state index contributed by atoms with van der Waals surface area (Å²) in [5.74, 6) is -0.253. The molecule has 114 valence electrons. The van der Waals surface area contributed by atoms with Crippen LogP contribution < -0.4 is 0 Å². The molecule has 2 aromatic carbocycles. The predicted molar refractivity (Wildman–Crippen MR) is 84.8 cm³/mol. The Labute approximate surface area is 130 Å². The highest BCUT2D eigenvalue weighted by Gasteiger charge is 2.48. The van der Waals surface area contributed by atoms with Crippen molar-refractivity contribution in [3.8, 4) is 0 Å². The number of rotatable bonds is 4. The first-order valence-corrected chi connectivity index (χ1v) is 7.68. The number of carbonyl (C=O) groups is 1. The summed E-state index contributed by atoms with van der Waals surface area (Å²) in [5, 5.41) is 0. The first-order chi connectivity index (χ1) is 10.6. The van der Waals surface area contributed by atoms with Crippen LogP contribution in [0.25, 0.3) is 0 Å². The monoisotopic (exact) mass is 297 g/mol. The van der Waals surface area contributed by atoms with E-state index in [0.29, 0.717) is 12.1 Å². The SMILES string of the molecule is CN(Cc1ccccc1)C(=O)C1(c2ccccc2F)CCC1. The lowest BCUT2D eigenvalue weighted by Gasteiger charge is -2.43. The zero-order valence-electron chi connectivity index (χ0n) is 12.8. The second-order valence-corrected chi connectivity index (χ2v) is 6.06. The maximum Gasteiger partial charge on any atom is 0.233 e. The van der Waals surface area contributed by atoms with Crippen LogP contribution in [0.15, 0.2) is 54.6 Å². The molecule has 1 amide bonds. The molecule has 2 aromatic rings. The molecule has 1 aliphatic carbocycles. The first kappa shape index (κ1) is 14.8. The van der Waals surface area contributed by atoms with Gasteiger partial charge in [-0.2, -0.15) is 0 Å². The molecule has 0 atom stereocenters. The molecular weight excluding hydrogens is 277 g/mol. The zero-order valence-corrected chi connectivity index (χ0v) is 12.8. The Balaban J connectivity index is 1.84. The van der Waals surface area contributed by atoms with Crippen LogP contribution in [-0.4, -0.2) is 17.9 Å². The lowest BCUT2D eigenvalue weighted by atomic mass is 9.63. The van der Waals surface area contributed by atoms with Crippen molar-refractivity contribution in [3.05, 3.63) is 71.5 Å². The van der Waals surface area contributed by atoms with E-state index in [1.165, 1.54) is 6.07 Å². The highest BCUT2D eigenvalue weighted by Crippen LogP contribution is 2.46. The molecule has 1 saturated carbocycles. The van der Waals surface area contributed by atoms with Crippen LogP contribution in [0.5, 0.6) is 0 Å². The Morgan fingerprint density at radius 3 is 2.32 bits per heavy atom. The van der Waals surface area contributed by atoms with Crippen LogP contribution in [0.2, 0.25) is 0 Å². The van der Waals surface area contributed by atoms with Crippen LogP contribution in [0.3, 0.4) is 0 Å². The van der Waals surface area contributed by atoms with Gasteiger partial charge in [0.2, 0.25) is 5.91 Å². The summed E-state index contributed by atoms with van der Waals surface area (Å²) in [4.78, 5) is 14.7. The Kier molecular flexibility index (Phi) is 3.97. The minimum Gasteiger partial charge on any atom is -0.341 e. The second kappa shape index (κ2) is 5.91. The van der Waals surface area contributed by atoms with Gasteiger partial charge in [0.05, 0.1) is 5.41 Å². The minimum absolute atomic E-state index is 0.0210. The van der Waals surface area contributed by atoms with Gasteiger partial charge in [0.1, 0.15) is 5.82 Å². The van der Waals surface area contributed by atoms with E-state index in [1.807, 2.05) is 36.4 Å². The highest BCUT2D eigenvalue weighted by molar-refractivity contribution is 5.89. The Bertz CT molecular complexity index is 664. The van der Waals surface area contributed by atoms with Crippen molar-refractivity contribution in [2.45, 2.75) is 31.2 Å². The second-order valence-electron chi connectivity index (χ2n) is 6.06. The molecule has 1 aliphatic rings. The molecule has 0 saturated heterocycles. The number of benzene rings is 2. The number of hydrogen-bond donors (Lipinski definition) is 0. The fraction of sp³-hybridized carbons (Fsp3) is 0.316. The van der Waals surface area contributed by atoms with Crippen molar-refractivity contribution < 1.29 is 9.18 Å². The molecule has 0 bridgehead atoms. The molecule has 3 rings (SSSR count). The van der Waals surface area contributed by atoms with Gasteiger partial charge in [0.15, 0.2) is 0 Å². The molecule has 3 heteroatoms. The third kappa shape index (κ3) is 2.52. The maximum absolute atomic E-state index is 14.2. The van der Waals surface area contributed by atoms with E-state index in [9.17, 15) is 9.18 Å². The predicted octanol–water partition coefficient (Wildman–Crippen LogP) is 3.91. The van der Waals surface area contributed by atoms with E-state index in [2.05, 4.69) is 0 Å².